The molecule has 0 spiro atoms. The van der Waals surface area contributed by atoms with Gasteiger partial charge in [-0.15, -0.1) is 0 Å². The van der Waals surface area contributed by atoms with Gasteiger partial charge in [-0.3, -0.25) is 0 Å². The predicted octanol–water partition coefficient (Wildman–Crippen LogP) is -0.388. The maximum atomic E-state index is 0. The molecule has 28 valence electrons. The summed E-state index contributed by atoms with van der Waals surface area (Å²) in [5.74, 6) is 0. The van der Waals surface area contributed by atoms with Gasteiger partial charge in [-0.25, -0.2) is 0 Å². The molecule has 0 aromatic heterocycles. The van der Waals surface area contributed by atoms with Gasteiger partial charge in [0, 0.05) is 74.8 Å². The van der Waals surface area contributed by atoms with E-state index < -0.39 is 0 Å². The predicted molar refractivity (Wildman–Crippen MR) is 5.75 cm³/mol. The zero-order valence-corrected chi connectivity index (χ0v) is 7.80. The second-order valence-electron chi connectivity index (χ2n) is 0. The van der Waals surface area contributed by atoms with E-state index in [4.69, 9.17) is 0 Å². The van der Waals surface area contributed by atoms with Crippen LogP contribution in [0.2, 0.25) is 0 Å². The van der Waals surface area contributed by atoms with Gasteiger partial charge in [0.25, 0.3) is 0 Å². The molecular formula is CrFeNiSn. The molecule has 0 bridgehead atoms. The van der Waals surface area contributed by atoms with Crippen molar-refractivity contribution in [2.45, 2.75) is 0 Å². The van der Waals surface area contributed by atoms with Gasteiger partial charge in [-0.05, 0) is 0 Å². The van der Waals surface area contributed by atoms with Crippen LogP contribution in [0.4, 0.5) is 0 Å². The first-order valence-corrected chi connectivity index (χ1v) is 0. The first kappa shape index (κ1) is 33.0. The van der Waals surface area contributed by atoms with Crippen molar-refractivity contribution in [3.63, 3.8) is 0 Å². The minimum Gasteiger partial charge on any atom is 0 e. The van der Waals surface area contributed by atoms with E-state index in [1.807, 2.05) is 0 Å². The van der Waals surface area contributed by atoms with Crippen LogP contribution in [0.1, 0.15) is 0 Å². The smallest absolute Gasteiger partial charge is 0 e. The van der Waals surface area contributed by atoms with E-state index in [-0.39, 0.29) is 74.8 Å². The van der Waals surface area contributed by atoms with Gasteiger partial charge in [0.2, 0.25) is 0 Å². The molecule has 0 unspecified atom stereocenters. The summed E-state index contributed by atoms with van der Waals surface area (Å²) in [5.41, 5.74) is 0. The Morgan fingerprint density at radius 3 is 1.00 bits per heavy atom. The standard InChI is InChI=1S/Cr.Fe.Ni.Sn. The van der Waals surface area contributed by atoms with Gasteiger partial charge >= 0.3 is 0 Å². The van der Waals surface area contributed by atoms with Crippen LogP contribution in [-0.4, -0.2) is 23.9 Å². The van der Waals surface area contributed by atoms with Crippen LogP contribution in [0.5, 0.6) is 0 Å². The van der Waals surface area contributed by atoms with E-state index >= 15 is 0 Å². The molecule has 0 amide bonds. The maximum Gasteiger partial charge on any atom is 0 e. The van der Waals surface area contributed by atoms with Gasteiger partial charge in [-0.1, -0.05) is 0 Å². The average Bonchev–Trinajstić information content (AvgIpc) is 0. The summed E-state index contributed by atoms with van der Waals surface area (Å²) >= 11 is 0. The Morgan fingerprint density at radius 1 is 1.00 bits per heavy atom. The topological polar surface area (TPSA) is 0 Å². The largest absolute Gasteiger partial charge is 0 e. The van der Waals surface area contributed by atoms with Gasteiger partial charge in [0.1, 0.15) is 0 Å². The van der Waals surface area contributed by atoms with Gasteiger partial charge in [0.15, 0.2) is 0 Å². The summed E-state index contributed by atoms with van der Waals surface area (Å²) in [7, 11) is 0. The summed E-state index contributed by atoms with van der Waals surface area (Å²) in [6, 6.07) is 0. The molecular weight excluding hydrogens is 285 g/mol. The van der Waals surface area contributed by atoms with E-state index in [1.54, 1.807) is 0 Å². The quantitative estimate of drug-likeness (QED) is 0.532. The number of rotatable bonds is 0. The minimum atomic E-state index is 0. The van der Waals surface area contributed by atoms with Crippen LogP contribution >= 0.6 is 0 Å². The minimum absolute atomic E-state index is 0. The first-order chi connectivity index (χ1) is 0. The fourth-order valence-corrected chi connectivity index (χ4v) is 0. The zero-order valence-electron chi connectivity index (χ0n) is 1.58. The van der Waals surface area contributed by atoms with Crippen LogP contribution < -0.4 is 0 Å². The maximum absolute atomic E-state index is 0. The Morgan fingerprint density at radius 2 is 1.00 bits per heavy atom. The summed E-state index contributed by atoms with van der Waals surface area (Å²) < 4.78 is 0. The van der Waals surface area contributed by atoms with Crippen molar-refractivity contribution < 1.29 is 50.9 Å². The molecule has 0 aromatic rings. The molecule has 0 N–H and O–H groups in total. The summed E-state index contributed by atoms with van der Waals surface area (Å²) in [4.78, 5) is 0. The molecule has 0 heterocycles. The summed E-state index contributed by atoms with van der Waals surface area (Å²) in [6.07, 6.45) is 0. The molecule has 4 heteroatoms. The molecule has 0 aliphatic rings. The fraction of sp³-hybridized carbons (Fsp3) is 0. The Balaban J connectivity index is 0. The van der Waals surface area contributed by atoms with E-state index in [9.17, 15) is 0 Å². The first-order valence-electron chi connectivity index (χ1n) is 0. The fourth-order valence-electron chi connectivity index (χ4n) is 0. The van der Waals surface area contributed by atoms with E-state index in [0.29, 0.717) is 0 Å². The van der Waals surface area contributed by atoms with E-state index in [2.05, 4.69) is 0 Å². The zero-order chi connectivity index (χ0) is 0. The molecule has 4 heavy (non-hydrogen) atoms. The van der Waals surface area contributed by atoms with Gasteiger partial charge in [0.05, 0.1) is 0 Å². The molecule has 0 saturated carbocycles. The van der Waals surface area contributed by atoms with Crippen LogP contribution in [0, 0.1) is 0 Å². The summed E-state index contributed by atoms with van der Waals surface area (Å²) in [5, 5.41) is 0. The third kappa shape index (κ3) is 8.84. The molecule has 0 saturated heterocycles. The van der Waals surface area contributed by atoms with Crippen molar-refractivity contribution in [2.24, 2.45) is 0 Å². The van der Waals surface area contributed by atoms with Crippen molar-refractivity contribution >= 4 is 23.9 Å². The Kier molecular flexibility index (Phi) is 151. The summed E-state index contributed by atoms with van der Waals surface area (Å²) in [6.45, 7) is 0. The molecule has 0 nitrogen and oxygen atoms in total. The molecule has 0 atom stereocenters. The SMILES string of the molecule is [Cr].[Fe].[Ni].[Sn]. The van der Waals surface area contributed by atoms with Crippen LogP contribution in [-0.2, 0) is 50.9 Å². The molecule has 0 aliphatic heterocycles. The van der Waals surface area contributed by atoms with Crippen molar-refractivity contribution in [2.75, 3.05) is 0 Å². The average molecular weight is 285 g/mol. The molecule has 4 radical (unpaired) electrons. The van der Waals surface area contributed by atoms with Crippen LogP contribution in [0.15, 0.2) is 0 Å². The third-order valence-corrected chi connectivity index (χ3v) is 0. The Hall–Kier alpha value is 2.34. The number of hydrogen-bond acceptors (Lipinski definition) is 0. The Bertz CT molecular complexity index is 8.00. The normalized spacial score (nSPS) is 0. The monoisotopic (exact) mass is 286 g/mol. The molecule has 0 aromatic carbocycles. The van der Waals surface area contributed by atoms with Crippen LogP contribution in [0.25, 0.3) is 0 Å². The van der Waals surface area contributed by atoms with Crippen molar-refractivity contribution in [1.29, 1.82) is 0 Å². The van der Waals surface area contributed by atoms with E-state index in [0.717, 1.165) is 0 Å². The second-order valence-corrected chi connectivity index (χ2v) is 0. The second kappa shape index (κ2) is 18.4. The molecule has 0 aliphatic carbocycles. The molecule has 0 rings (SSSR count). The van der Waals surface area contributed by atoms with Crippen molar-refractivity contribution in [3.8, 4) is 0 Å². The van der Waals surface area contributed by atoms with Gasteiger partial charge in [-0.2, -0.15) is 0 Å². The van der Waals surface area contributed by atoms with Gasteiger partial charge < -0.3 is 0 Å². The molecule has 0 fully saturated rings. The van der Waals surface area contributed by atoms with Crippen molar-refractivity contribution in [3.05, 3.63) is 0 Å². The number of hydrogen-bond donors (Lipinski definition) is 0. The Labute approximate surface area is 74.0 Å². The van der Waals surface area contributed by atoms with Crippen molar-refractivity contribution in [1.82, 2.24) is 0 Å². The van der Waals surface area contributed by atoms with E-state index in [1.165, 1.54) is 0 Å². The third-order valence-electron chi connectivity index (χ3n) is 0. The van der Waals surface area contributed by atoms with Crippen LogP contribution in [0.3, 0.4) is 0 Å².